The first-order chi connectivity index (χ1) is 13.9. The molecule has 0 saturated carbocycles. The summed E-state index contributed by atoms with van der Waals surface area (Å²) in [6, 6.07) is 7.03. The number of hydrogen-bond donors (Lipinski definition) is 3. The first-order valence-corrected chi connectivity index (χ1v) is 10.1. The van der Waals surface area contributed by atoms with Gasteiger partial charge in [-0.3, -0.25) is 4.79 Å². The van der Waals surface area contributed by atoms with Crippen LogP contribution in [0, 0.1) is 5.92 Å². The van der Waals surface area contributed by atoms with Crippen molar-refractivity contribution in [1.29, 1.82) is 0 Å². The number of aromatic nitrogens is 1. The maximum Gasteiger partial charge on any atom is 0.343 e. The highest BCUT2D eigenvalue weighted by atomic mass is 16.6. The van der Waals surface area contributed by atoms with Crippen LogP contribution in [0.3, 0.4) is 0 Å². The Balaban J connectivity index is 1.68. The Morgan fingerprint density at radius 3 is 2.79 bits per heavy atom. The Hall–Kier alpha value is -2.80. The molecule has 3 unspecified atom stereocenters. The zero-order valence-electron chi connectivity index (χ0n) is 16.4. The molecule has 3 aliphatic heterocycles. The number of benzene rings is 1. The number of phenols is 1. The van der Waals surface area contributed by atoms with Crippen molar-refractivity contribution in [2.75, 3.05) is 5.32 Å². The number of fused-ring (bicyclic) bond motifs is 5. The SMILES string of the molecule is CCC1c2cc(O)ccc2NC2c3cc4c(c(=O)n3CC12)COC(=O)[C@]4(O)CC. The topological polar surface area (TPSA) is 101 Å². The Kier molecular flexibility index (Phi) is 3.84. The molecule has 7 nitrogen and oxygen atoms in total. The van der Waals surface area contributed by atoms with E-state index in [-0.39, 0.29) is 42.2 Å². The molecule has 4 heterocycles. The van der Waals surface area contributed by atoms with Gasteiger partial charge in [-0.05, 0) is 48.6 Å². The van der Waals surface area contributed by atoms with E-state index in [2.05, 4.69) is 12.2 Å². The van der Waals surface area contributed by atoms with Crippen LogP contribution in [-0.2, 0) is 28.3 Å². The van der Waals surface area contributed by atoms with Gasteiger partial charge >= 0.3 is 5.97 Å². The summed E-state index contributed by atoms with van der Waals surface area (Å²) in [6.07, 6.45) is 1.02. The zero-order valence-corrected chi connectivity index (χ0v) is 16.4. The van der Waals surface area contributed by atoms with Crippen molar-refractivity contribution in [3.63, 3.8) is 0 Å². The molecule has 0 aliphatic carbocycles. The Labute approximate surface area is 167 Å². The predicted molar refractivity (Wildman–Crippen MR) is 106 cm³/mol. The van der Waals surface area contributed by atoms with E-state index >= 15 is 0 Å². The molecule has 3 N–H and O–H groups in total. The summed E-state index contributed by atoms with van der Waals surface area (Å²) in [5, 5.41) is 24.5. The molecule has 3 aliphatic rings. The summed E-state index contributed by atoms with van der Waals surface area (Å²) < 4.78 is 6.89. The van der Waals surface area contributed by atoms with E-state index in [1.807, 2.05) is 12.1 Å². The van der Waals surface area contributed by atoms with Crippen molar-refractivity contribution in [2.24, 2.45) is 5.92 Å². The van der Waals surface area contributed by atoms with Crippen LogP contribution in [0.5, 0.6) is 5.75 Å². The van der Waals surface area contributed by atoms with Crippen molar-refractivity contribution >= 4 is 11.7 Å². The quantitative estimate of drug-likeness (QED) is 0.533. The first-order valence-electron chi connectivity index (χ1n) is 10.1. The number of nitrogens with one attached hydrogen (secondary N) is 1. The fraction of sp³-hybridized carbons (Fsp3) is 0.455. The summed E-state index contributed by atoms with van der Waals surface area (Å²) >= 11 is 0. The van der Waals surface area contributed by atoms with Crippen LogP contribution < -0.4 is 10.9 Å². The van der Waals surface area contributed by atoms with Gasteiger partial charge in [0.05, 0.1) is 11.6 Å². The first kappa shape index (κ1) is 18.2. The summed E-state index contributed by atoms with van der Waals surface area (Å²) in [5.74, 6) is -0.149. The number of nitrogens with zero attached hydrogens (tertiary/aromatic N) is 1. The average Bonchev–Trinajstić information content (AvgIpc) is 3.08. The van der Waals surface area contributed by atoms with Crippen LogP contribution in [0.15, 0.2) is 29.1 Å². The van der Waals surface area contributed by atoms with Crippen LogP contribution >= 0.6 is 0 Å². The third-order valence-electron chi connectivity index (χ3n) is 6.92. The number of pyridine rings is 1. The molecule has 1 aromatic heterocycles. The third-order valence-corrected chi connectivity index (χ3v) is 6.92. The lowest BCUT2D eigenvalue weighted by Crippen LogP contribution is -2.44. The van der Waals surface area contributed by atoms with Gasteiger partial charge < -0.3 is 24.8 Å². The number of anilines is 1. The molecular formula is C22H24N2O5. The number of aliphatic hydroxyl groups is 1. The van der Waals surface area contributed by atoms with Crippen molar-refractivity contribution in [2.45, 2.75) is 57.4 Å². The van der Waals surface area contributed by atoms with E-state index in [0.717, 1.165) is 23.4 Å². The van der Waals surface area contributed by atoms with Gasteiger partial charge in [-0.15, -0.1) is 0 Å². The van der Waals surface area contributed by atoms with Crippen molar-refractivity contribution in [3.05, 3.63) is 57.0 Å². The van der Waals surface area contributed by atoms with Crippen LogP contribution in [-0.4, -0.2) is 20.7 Å². The number of aromatic hydroxyl groups is 1. The lowest BCUT2D eigenvalue weighted by molar-refractivity contribution is -0.172. The van der Waals surface area contributed by atoms with Crippen LogP contribution in [0.4, 0.5) is 5.69 Å². The minimum atomic E-state index is -1.79. The molecular weight excluding hydrogens is 372 g/mol. The van der Waals surface area contributed by atoms with E-state index in [0.29, 0.717) is 17.7 Å². The predicted octanol–water partition coefficient (Wildman–Crippen LogP) is 2.50. The van der Waals surface area contributed by atoms with E-state index in [9.17, 15) is 19.8 Å². The third kappa shape index (κ3) is 2.34. The number of rotatable bonds is 2. The van der Waals surface area contributed by atoms with Crippen LogP contribution in [0.25, 0.3) is 0 Å². The number of phenolic OH excluding ortho intramolecular Hbond substituents is 1. The number of ether oxygens (including phenoxy) is 1. The van der Waals surface area contributed by atoms with Gasteiger partial charge in [0.2, 0.25) is 0 Å². The maximum absolute atomic E-state index is 13.3. The van der Waals surface area contributed by atoms with E-state index in [1.165, 1.54) is 0 Å². The summed E-state index contributed by atoms with van der Waals surface area (Å²) in [6.45, 7) is 4.26. The lowest BCUT2D eigenvalue weighted by atomic mass is 9.76. The smallest absolute Gasteiger partial charge is 0.343 e. The molecule has 1 aromatic carbocycles. The molecule has 29 heavy (non-hydrogen) atoms. The Morgan fingerprint density at radius 2 is 2.07 bits per heavy atom. The Bertz CT molecular complexity index is 1090. The van der Waals surface area contributed by atoms with Gasteiger partial charge in [-0.1, -0.05) is 13.8 Å². The second-order valence-corrected chi connectivity index (χ2v) is 8.24. The summed E-state index contributed by atoms with van der Waals surface area (Å²) in [7, 11) is 0. The van der Waals surface area contributed by atoms with Crippen LogP contribution in [0.2, 0.25) is 0 Å². The zero-order chi connectivity index (χ0) is 20.5. The molecule has 4 atom stereocenters. The van der Waals surface area contributed by atoms with Crippen molar-refractivity contribution in [3.8, 4) is 5.75 Å². The highest BCUT2D eigenvalue weighted by molar-refractivity contribution is 5.83. The molecule has 2 aromatic rings. The Morgan fingerprint density at radius 1 is 1.28 bits per heavy atom. The highest BCUT2D eigenvalue weighted by Crippen LogP contribution is 2.51. The highest BCUT2D eigenvalue weighted by Gasteiger charge is 2.48. The molecule has 7 heteroatoms. The van der Waals surface area contributed by atoms with Gasteiger partial charge in [-0.2, -0.15) is 0 Å². The number of carbonyl (C=O) groups excluding carboxylic acids is 1. The van der Waals surface area contributed by atoms with Gasteiger partial charge in [0.25, 0.3) is 5.56 Å². The molecule has 152 valence electrons. The second-order valence-electron chi connectivity index (χ2n) is 8.24. The fourth-order valence-corrected chi connectivity index (χ4v) is 5.35. The van der Waals surface area contributed by atoms with Gasteiger partial charge in [0.15, 0.2) is 5.60 Å². The number of carbonyl (C=O) groups is 1. The van der Waals surface area contributed by atoms with E-state index in [4.69, 9.17) is 4.74 Å². The van der Waals surface area contributed by atoms with Gasteiger partial charge in [0.1, 0.15) is 12.4 Å². The lowest BCUT2D eigenvalue weighted by Gasteiger charge is -2.36. The normalized spacial score (nSPS) is 29.2. The molecule has 0 fully saturated rings. The van der Waals surface area contributed by atoms with E-state index < -0.39 is 11.6 Å². The number of esters is 1. The molecule has 0 saturated heterocycles. The number of cyclic esters (lactones) is 1. The molecule has 0 radical (unpaired) electrons. The van der Waals surface area contributed by atoms with Gasteiger partial charge in [0, 0.05) is 29.4 Å². The molecule has 0 bridgehead atoms. The number of hydrogen-bond acceptors (Lipinski definition) is 6. The van der Waals surface area contributed by atoms with E-state index in [1.54, 1.807) is 23.6 Å². The largest absolute Gasteiger partial charge is 0.508 e. The minimum Gasteiger partial charge on any atom is -0.508 e. The average molecular weight is 396 g/mol. The van der Waals surface area contributed by atoms with Crippen molar-refractivity contribution < 1.29 is 19.7 Å². The van der Waals surface area contributed by atoms with Crippen LogP contribution in [0.1, 0.15) is 61.0 Å². The summed E-state index contributed by atoms with van der Waals surface area (Å²) in [5.41, 5.74) is 1.54. The monoisotopic (exact) mass is 396 g/mol. The second kappa shape index (κ2) is 6.10. The van der Waals surface area contributed by atoms with Crippen molar-refractivity contribution in [1.82, 2.24) is 4.57 Å². The van der Waals surface area contributed by atoms with Gasteiger partial charge in [-0.25, -0.2) is 4.79 Å². The molecule has 0 amide bonds. The molecule has 0 spiro atoms. The minimum absolute atomic E-state index is 0.103. The molecule has 5 rings (SSSR count). The maximum atomic E-state index is 13.3. The fourth-order valence-electron chi connectivity index (χ4n) is 5.35. The standard InChI is InChI=1S/C22H24N2O5/c1-3-12-13-7-11(25)5-6-17(13)23-19-14(12)9-24-18(19)8-16-15(20(24)26)10-29-21(27)22(16,28)4-2/h5-8,12,14,19,23,25,28H,3-4,9-10H2,1-2H3/t12?,14?,19?,22-/m0/s1. The summed E-state index contributed by atoms with van der Waals surface area (Å²) in [4.78, 5) is 25.6.